The normalized spacial score (nSPS) is 18.7. The summed E-state index contributed by atoms with van der Waals surface area (Å²) in [7, 11) is 0. The first-order chi connectivity index (χ1) is 15.4. The summed E-state index contributed by atoms with van der Waals surface area (Å²) < 4.78 is 6.11. The summed E-state index contributed by atoms with van der Waals surface area (Å²) in [6, 6.07) is 11.0. The van der Waals surface area contributed by atoms with Crippen molar-refractivity contribution in [1.82, 2.24) is 4.90 Å². The van der Waals surface area contributed by atoms with E-state index < -0.39 is 5.97 Å². The lowest BCUT2D eigenvalue weighted by Gasteiger charge is -2.38. The van der Waals surface area contributed by atoms with Crippen molar-refractivity contribution in [2.24, 2.45) is 5.92 Å². The van der Waals surface area contributed by atoms with Crippen molar-refractivity contribution in [1.29, 1.82) is 0 Å². The minimum Gasteiger partial charge on any atom is -0.490 e. The van der Waals surface area contributed by atoms with Gasteiger partial charge >= 0.3 is 5.97 Å². The number of ether oxygens (including phenoxy) is 1. The number of nitrogens with zero attached hydrogens (tertiary/aromatic N) is 2. The van der Waals surface area contributed by atoms with E-state index in [4.69, 9.17) is 27.9 Å². The van der Waals surface area contributed by atoms with E-state index in [1.165, 1.54) is 0 Å². The van der Waals surface area contributed by atoms with E-state index in [0.717, 1.165) is 75.4 Å². The fraction of sp³-hybridized carbons (Fsp3) is 0.480. The van der Waals surface area contributed by atoms with Crippen molar-refractivity contribution in [2.75, 3.05) is 37.6 Å². The third kappa shape index (κ3) is 5.69. The maximum Gasteiger partial charge on any atom is 0.337 e. The first kappa shape index (κ1) is 23.2. The fourth-order valence-corrected chi connectivity index (χ4v) is 5.05. The summed E-state index contributed by atoms with van der Waals surface area (Å²) in [5, 5.41) is 10.6. The van der Waals surface area contributed by atoms with Crippen LogP contribution in [0.1, 0.15) is 41.6 Å². The maximum atomic E-state index is 11.6. The molecule has 0 radical (unpaired) electrons. The van der Waals surface area contributed by atoms with Gasteiger partial charge < -0.3 is 19.6 Å². The maximum absolute atomic E-state index is 11.6. The zero-order valence-electron chi connectivity index (χ0n) is 18.4. The van der Waals surface area contributed by atoms with E-state index in [1.54, 1.807) is 18.2 Å². The third-order valence-corrected chi connectivity index (χ3v) is 7.32. The molecular formula is C25H30Cl2N2O3. The Hall–Kier alpha value is -1.95. The molecule has 0 unspecified atom stereocenters. The molecule has 0 atom stereocenters. The predicted octanol–water partition coefficient (Wildman–Crippen LogP) is 5.76. The smallest absolute Gasteiger partial charge is 0.337 e. The Morgan fingerprint density at radius 3 is 2.38 bits per heavy atom. The van der Waals surface area contributed by atoms with Crippen LogP contribution in [0.15, 0.2) is 36.4 Å². The van der Waals surface area contributed by atoms with Crippen LogP contribution < -0.4 is 9.64 Å². The molecule has 0 amide bonds. The lowest BCUT2D eigenvalue weighted by Crippen LogP contribution is -2.43. The van der Waals surface area contributed by atoms with Crippen LogP contribution in [0.3, 0.4) is 0 Å². The first-order valence-electron chi connectivity index (χ1n) is 11.3. The quantitative estimate of drug-likeness (QED) is 0.574. The van der Waals surface area contributed by atoms with Gasteiger partial charge in [0.2, 0.25) is 0 Å². The summed E-state index contributed by atoms with van der Waals surface area (Å²) in [6.07, 6.45) is 4.40. The molecule has 2 heterocycles. The second kappa shape index (κ2) is 10.3. The molecule has 2 saturated heterocycles. The number of rotatable bonds is 6. The minimum absolute atomic E-state index is 0.209. The van der Waals surface area contributed by atoms with Gasteiger partial charge in [-0.3, -0.25) is 0 Å². The molecule has 172 valence electrons. The van der Waals surface area contributed by atoms with Gasteiger partial charge in [-0.15, -0.1) is 0 Å². The topological polar surface area (TPSA) is 53.0 Å². The van der Waals surface area contributed by atoms with Gasteiger partial charge in [-0.2, -0.15) is 0 Å². The highest BCUT2D eigenvalue weighted by atomic mass is 35.5. The number of hydrogen-bond acceptors (Lipinski definition) is 4. The molecule has 7 heteroatoms. The number of piperidine rings is 2. The minimum atomic E-state index is -0.854. The van der Waals surface area contributed by atoms with Gasteiger partial charge in [-0.25, -0.2) is 4.79 Å². The predicted molar refractivity (Wildman–Crippen MR) is 130 cm³/mol. The lowest BCUT2D eigenvalue weighted by atomic mass is 9.94. The Labute approximate surface area is 199 Å². The molecule has 32 heavy (non-hydrogen) atoms. The van der Waals surface area contributed by atoms with Crippen molar-refractivity contribution < 1.29 is 14.6 Å². The van der Waals surface area contributed by atoms with Gasteiger partial charge in [-0.1, -0.05) is 29.3 Å². The molecule has 2 aromatic rings. The van der Waals surface area contributed by atoms with Crippen molar-refractivity contribution in [3.63, 3.8) is 0 Å². The molecular weight excluding hydrogens is 447 g/mol. The van der Waals surface area contributed by atoms with Crippen LogP contribution in [-0.4, -0.2) is 54.8 Å². The first-order valence-corrected chi connectivity index (χ1v) is 12.1. The van der Waals surface area contributed by atoms with Gasteiger partial charge in [0.05, 0.1) is 21.3 Å². The summed E-state index contributed by atoms with van der Waals surface area (Å²) in [4.78, 5) is 16.4. The van der Waals surface area contributed by atoms with Crippen LogP contribution in [0.4, 0.5) is 5.69 Å². The molecule has 1 N–H and O–H groups in total. The van der Waals surface area contributed by atoms with Crippen molar-refractivity contribution in [3.05, 3.63) is 57.6 Å². The van der Waals surface area contributed by atoms with Crippen LogP contribution in [-0.2, 0) is 0 Å². The number of benzene rings is 2. The fourth-order valence-electron chi connectivity index (χ4n) is 4.76. The number of carboxylic acid groups (broad SMARTS) is 1. The number of aryl methyl sites for hydroxylation is 1. The summed E-state index contributed by atoms with van der Waals surface area (Å²) in [6.45, 7) is 7.00. The Morgan fingerprint density at radius 1 is 1.00 bits per heavy atom. The molecule has 0 spiro atoms. The van der Waals surface area contributed by atoms with Gasteiger partial charge in [0.15, 0.2) is 0 Å². The Bertz CT molecular complexity index is 952. The van der Waals surface area contributed by atoms with Gasteiger partial charge in [0.25, 0.3) is 0 Å². The SMILES string of the molecule is Cc1ccc(C(=O)O)c(N2CCC(CN3CCC(Oc4ccc(Cl)c(Cl)c4)CC3)CC2)c1. The Kier molecular flexibility index (Phi) is 7.49. The molecule has 5 nitrogen and oxygen atoms in total. The van der Waals surface area contributed by atoms with Crippen molar-refractivity contribution in [2.45, 2.75) is 38.7 Å². The number of hydrogen-bond donors (Lipinski definition) is 1. The summed E-state index contributed by atoms with van der Waals surface area (Å²) in [5.41, 5.74) is 2.35. The van der Waals surface area contributed by atoms with Gasteiger partial charge in [-0.05, 0) is 68.4 Å². The Balaban J connectivity index is 1.24. The van der Waals surface area contributed by atoms with Crippen LogP contribution >= 0.6 is 23.2 Å². The number of anilines is 1. The average molecular weight is 477 g/mol. The van der Waals surface area contributed by atoms with Crippen LogP contribution in [0.25, 0.3) is 0 Å². The molecule has 0 saturated carbocycles. The Morgan fingerprint density at radius 2 is 1.72 bits per heavy atom. The molecule has 2 aromatic carbocycles. The number of carbonyl (C=O) groups is 1. The number of likely N-dealkylation sites (tertiary alicyclic amines) is 1. The van der Waals surface area contributed by atoms with E-state index in [-0.39, 0.29) is 6.10 Å². The summed E-state index contributed by atoms with van der Waals surface area (Å²) >= 11 is 12.1. The molecule has 0 bridgehead atoms. The molecule has 0 aliphatic carbocycles. The second-order valence-electron chi connectivity index (χ2n) is 8.95. The standard InChI is InChI=1S/C25H30Cl2N2O3/c1-17-2-4-21(25(30)31)24(14-17)29-12-6-18(7-13-29)16-28-10-8-19(9-11-28)32-20-3-5-22(26)23(27)15-20/h2-5,14-15,18-19H,6-13,16H2,1H3,(H,30,31). The van der Waals surface area contributed by atoms with Gasteiger partial charge in [0.1, 0.15) is 11.9 Å². The highest BCUT2D eigenvalue weighted by molar-refractivity contribution is 6.42. The largest absolute Gasteiger partial charge is 0.490 e. The zero-order chi connectivity index (χ0) is 22.7. The second-order valence-corrected chi connectivity index (χ2v) is 9.76. The monoisotopic (exact) mass is 476 g/mol. The summed E-state index contributed by atoms with van der Waals surface area (Å²) in [5.74, 6) is 0.576. The van der Waals surface area contributed by atoms with Crippen molar-refractivity contribution >= 4 is 34.9 Å². The number of halogens is 2. The average Bonchev–Trinajstić information content (AvgIpc) is 2.78. The molecule has 4 rings (SSSR count). The highest BCUT2D eigenvalue weighted by Gasteiger charge is 2.27. The molecule has 2 aliphatic rings. The third-order valence-electron chi connectivity index (χ3n) is 6.58. The van der Waals surface area contributed by atoms with Gasteiger partial charge in [0, 0.05) is 38.8 Å². The van der Waals surface area contributed by atoms with Crippen LogP contribution in [0, 0.1) is 12.8 Å². The van der Waals surface area contributed by atoms with E-state index in [1.807, 2.05) is 25.1 Å². The van der Waals surface area contributed by atoms with E-state index in [2.05, 4.69) is 9.80 Å². The lowest BCUT2D eigenvalue weighted by molar-refractivity contribution is 0.0697. The van der Waals surface area contributed by atoms with E-state index in [0.29, 0.717) is 21.5 Å². The zero-order valence-corrected chi connectivity index (χ0v) is 19.9. The number of carboxylic acids is 1. The number of aromatic carboxylic acids is 1. The van der Waals surface area contributed by atoms with Crippen molar-refractivity contribution in [3.8, 4) is 5.75 Å². The van der Waals surface area contributed by atoms with Crippen LogP contribution in [0.2, 0.25) is 10.0 Å². The molecule has 0 aromatic heterocycles. The highest BCUT2D eigenvalue weighted by Crippen LogP contribution is 2.30. The van der Waals surface area contributed by atoms with Crippen LogP contribution in [0.5, 0.6) is 5.75 Å². The van der Waals surface area contributed by atoms with E-state index in [9.17, 15) is 9.90 Å². The van der Waals surface area contributed by atoms with E-state index >= 15 is 0 Å². The molecule has 2 aliphatic heterocycles. The molecule has 2 fully saturated rings.